The quantitative estimate of drug-likeness (QED) is 0.433. The minimum atomic E-state index is -1.29. The molecule has 1 saturated carbocycles. The molecule has 6 nitrogen and oxygen atoms in total. The summed E-state index contributed by atoms with van der Waals surface area (Å²) in [4.78, 5) is 31.9. The molecule has 2 aromatic rings. The number of ether oxygens (including phenoxy) is 1. The lowest BCUT2D eigenvalue weighted by Crippen LogP contribution is -2.43. The Morgan fingerprint density at radius 3 is 2.42 bits per heavy atom. The van der Waals surface area contributed by atoms with Crippen LogP contribution in [0.15, 0.2) is 53.5 Å². The number of aliphatic carboxylic acids is 1. The van der Waals surface area contributed by atoms with Gasteiger partial charge >= 0.3 is 5.97 Å². The smallest absolute Gasteiger partial charge is 0.347 e. The predicted molar refractivity (Wildman–Crippen MR) is 141 cm³/mol. The van der Waals surface area contributed by atoms with Gasteiger partial charge in [-0.2, -0.15) is 0 Å². The van der Waals surface area contributed by atoms with Crippen molar-refractivity contribution in [1.29, 1.82) is 0 Å². The van der Waals surface area contributed by atoms with E-state index in [0.29, 0.717) is 18.7 Å². The summed E-state index contributed by atoms with van der Waals surface area (Å²) in [6.07, 6.45) is 8.82. The van der Waals surface area contributed by atoms with Crippen LogP contribution in [0.25, 0.3) is 0 Å². The lowest BCUT2D eigenvalue weighted by atomic mass is 9.82. The molecule has 1 aliphatic carbocycles. The van der Waals surface area contributed by atoms with Crippen molar-refractivity contribution >= 4 is 17.7 Å². The molecule has 0 aromatic heterocycles. The van der Waals surface area contributed by atoms with Gasteiger partial charge in [-0.15, -0.1) is 0 Å². The van der Waals surface area contributed by atoms with Crippen LogP contribution in [0.4, 0.5) is 0 Å². The van der Waals surface area contributed by atoms with Crippen LogP contribution in [0, 0.1) is 0 Å². The number of unbranched alkanes of at least 4 members (excludes halogenated alkanes) is 1. The van der Waals surface area contributed by atoms with Gasteiger partial charge in [-0.1, -0.05) is 69.0 Å². The molecule has 0 atom stereocenters. The minimum absolute atomic E-state index is 0.193. The van der Waals surface area contributed by atoms with Crippen molar-refractivity contribution in [2.24, 2.45) is 4.99 Å². The summed E-state index contributed by atoms with van der Waals surface area (Å²) in [5, 5.41) is 9.33. The third-order valence-corrected chi connectivity index (χ3v) is 7.29. The Hall–Kier alpha value is -3.15. The van der Waals surface area contributed by atoms with Gasteiger partial charge in [0.05, 0.1) is 6.54 Å². The van der Waals surface area contributed by atoms with E-state index >= 15 is 0 Å². The fourth-order valence-electron chi connectivity index (χ4n) is 5.11. The van der Waals surface area contributed by atoms with Gasteiger partial charge in [0.15, 0.2) is 5.60 Å². The number of rotatable bonds is 10. The number of aliphatic imine (C=N–C) groups is 1. The number of carboxylic acid groups (broad SMARTS) is 1. The van der Waals surface area contributed by atoms with Crippen molar-refractivity contribution < 1.29 is 19.4 Å². The fourth-order valence-corrected chi connectivity index (χ4v) is 5.11. The molecule has 0 bridgehead atoms. The molecule has 6 heteroatoms. The zero-order chi connectivity index (χ0) is 25.8. The van der Waals surface area contributed by atoms with Crippen LogP contribution in [0.5, 0.6) is 5.75 Å². The highest BCUT2D eigenvalue weighted by Gasteiger charge is 2.48. The molecule has 0 saturated heterocycles. The number of hydrogen-bond acceptors (Lipinski definition) is 4. The molecule has 1 aliphatic heterocycles. The summed E-state index contributed by atoms with van der Waals surface area (Å²) in [6.45, 7) is 5.82. The Labute approximate surface area is 214 Å². The van der Waals surface area contributed by atoms with Crippen LogP contribution in [-0.2, 0) is 22.6 Å². The van der Waals surface area contributed by atoms with Gasteiger partial charge in [-0.25, -0.2) is 4.79 Å². The lowest BCUT2D eigenvalue weighted by molar-refractivity contribution is -0.152. The summed E-state index contributed by atoms with van der Waals surface area (Å²) in [6, 6.07) is 16.0. The van der Waals surface area contributed by atoms with Crippen molar-refractivity contribution in [3.8, 4) is 5.75 Å². The zero-order valence-corrected chi connectivity index (χ0v) is 21.8. The van der Waals surface area contributed by atoms with E-state index in [1.54, 1.807) is 19.9 Å². The molecule has 1 spiro atoms. The van der Waals surface area contributed by atoms with Crippen LogP contribution in [0.3, 0.4) is 0 Å². The summed E-state index contributed by atoms with van der Waals surface area (Å²) >= 11 is 0. The monoisotopic (exact) mass is 490 g/mol. The Kier molecular flexibility index (Phi) is 7.82. The largest absolute Gasteiger partial charge is 0.478 e. The number of hydrogen-bond donors (Lipinski definition) is 1. The van der Waals surface area contributed by atoms with Crippen LogP contribution in [-0.4, -0.2) is 38.9 Å². The normalized spacial score (nSPS) is 17.4. The van der Waals surface area contributed by atoms with E-state index in [1.165, 1.54) is 6.42 Å². The molecule has 36 heavy (non-hydrogen) atoms. The number of carboxylic acids is 1. The molecular formula is C30H38N2O4. The van der Waals surface area contributed by atoms with Gasteiger partial charge < -0.3 is 9.84 Å². The van der Waals surface area contributed by atoms with E-state index in [4.69, 9.17) is 9.73 Å². The first kappa shape index (κ1) is 25.9. The summed E-state index contributed by atoms with van der Waals surface area (Å²) in [5.41, 5.74) is 1.49. The fraction of sp³-hybridized carbons (Fsp3) is 0.500. The highest BCUT2D eigenvalue weighted by atomic mass is 16.5. The molecule has 1 fully saturated rings. The Morgan fingerprint density at radius 1 is 1.06 bits per heavy atom. The predicted octanol–water partition coefficient (Wildman–Crippen LogP) is 6.15. The number of carbonyl (C=O) groups is 2. The van der Waals surface area contributed by atoms with Crippen LogP contribution in [0.2, 0.25) is 0 Å². The second-order valence-electron chi connectivity index (χ2n) is 10.7. The molecule has 2 aromatic carbocycles. The van der Waals surface area contributed by atoms with Gasteiger partial charge in [-0.05, 0) is 68.4 Å². The number of amides is 1. The molecule has 192 valence electrons. The van der Waals surface area contributed by atoms with Gasteiger partial charge in [0, 0.05) is 6.42 Å². The average Bonchev–Trinajstić information content (AvgIpc) is 3.09. The molecule has 0 unspecified atom stereocenters. The standard InChI is InChI=1S/C30H38N2O4/c1-4-5-12-26-31-30(17-7-6-8-18-30)27(33)32(26)21-23-15-13-22(14-16-23)19-24-10-9-11-25(20-24)36-29(2,3)28(34)35/h9-11,13-16,20H,4-8,12,17-19,21H2,1-3H3,(H,34,35). The molecule has 1 heterocycles. The molecule has 1 N–H and O–H groups in total. The second kappa shape index (κ2) is 10.9. The van der Waals surface area contributed by atoms with E-state index in [2.05, 4.69) is 31.2 Å². The van der Waals surface area contributed by atoms with Crippen molar-refractivity contribution in [3.05, 3.63) is 65.2 Å². The highest BCUT2D eigenvalue weighted by Crippen LogP contribution is 2.38. The van der Waals surface area contributed by atoms with Gasteiger partial charge in [-0.3, -0.25) is 14.7 Å². The van der Waals surface area contributed by atoms with Crippen LogP contribution < -0.4 is 4.74 Å². The van der Waals surface area contributed by atoms with Gasteiger partial charge in [0.2, 0.25) is 0 Å². The van der Waals surface area contributed by atoms with Crippen LogP contribution in [0.1, 0.15) is 88.8 Å². The van der Waals surface area contributed by atoms with Gasteiger partial charge in [0.25, 0.3) is 5.91 Å². The Balaban J connectivity index is 1.43. The number of nitrogens with zero attached hydrogens (tertiary/aromatic N) is 2. The maximum atomic E-state index is 13.5. The second-order valence-corrected chi connectivity index (χ2v) is 10.7. The Morgan fingerprint density at radius 2 is 1.75 bits per heavy atom. The van der Waals surface area contributed by atoms with E-state index in [1.807, 2.05) is 23.1 Å². The summed E-state index contributed by atoms with van der Waals surface area (Å²) in [7, 11) is 0. The maximum absolute atomic E-state index is 13.5. The van der Waals surface area contributed by atoms with Crippen molar-refractivity contribution in [2.75, 3.05) is 0 Å². The van der Waals surface area contributed by atoms with Gasteiger partial charge in [0.1, 0.15) is 17.1 Å². The number of benzene rings is 2. The SMILES string of the molecule is CCCCC1=NC2(CCCCC2)C(=O)N1Cc1ccc(Cc2cccc(OC(C)(C)C(=O)O)c2)cc1. The van der Waals surface area contributed by atoms with E-state index in [-0.39, 0.29) is 5.91 Å². The first-order valence-corrected chi connectivity index (χ1v) is 13.2. The highest BCUT2D eigenvalue weighted by molar-refractivity contribution is 6.08. The van der Waals surface area contributed by atoms with E-state index < -0.39 is 17.1 Å². The Bertz CT molecular complexity index is 1110. The first-order chi connectivity index (χ1) is 17.2. The molecule has 0 radical (unpaired) electrons. The van der Waals surface area contributed by atoms with Crippen molar-refractivity contribution in [1.82, 2.24) is 4.90 Å². The van der Waals surface area contributed by atoms with Crippen LogP contribution >= 0.6 is 0 Å². The minimum Gasteiger partial charge on any atom is -0.478 e. The third-order valence-electron chi connectivity index (χ3n) is 7.29. The number of carbonyl (C=O) groups excluding carboxylic acids is 1. The van der Waals surface area contributed by atoms with Crippen molar-refractivity contribution in [2.45, 2.75) is 96.2 Å². The van der Waals surface area contributed by atoms with E-state index in [9.17, 15) is 14.7 Å². The van der Waals surface area contributed by atoms with E-state index in [0.717, 1.165) is 67.5 Å². The van der Waals surface area contributed by atoms with Crippen molar-refractivity contribution in [3.63, 3.8) is 0 Å². The molecule has 4 rings (SSSR count). The first-order valence-electron chi connectivity index (χ1n) is 13.2. The third kappa shape index (κ3) is 5.80. The summed E-state index contributed by atoms with van der Waals surface area (Å²) in [5.74, 6) is 0.698. The topological polar surface area (TPSA) is 79.2 Å². The molecular weight excluding hydrogens is 452 g/mol. The lowest BCUT2D eigenvalue weighted by Gasteiger charge is -2.29. The molecule has 2 aliphatic rings. The molecule has 1 amide bonds. The average molecular weight is 491 g/mol. The number of amidine groups is 1. The summed E-state index contributed by atoms with van der Waals surface area (Å²) < 4.78 is 5.68. The zero-order valence-electron chi connectivity index (χ0n) is 21.8. The maximum Gasteiger partial charge on any atom is 0.347 e.